The number of nitrogens with zero attached hydrogens (tertiary/aromatic N) is 1. The fourth-order valence-corrected chi connectivity index (χ4v) is 2.73. The minimum absolute atomic E-state index is 0.297. The first kappa shape index (κ1) is 19.0. The minimum Gasteiger partial charge on any atom is -0.489 e. The third-order valence-electron chi connectivity index (χ3n) is 3.71. The molecule has 0 aromatic heterocycles. The largest absolute Gasteiger partial charge is 0.489 e. The molecule has 0 spiro atoms. The first-order chi connectivity index (χ1) is 13.1. The second kappa shape index (κ2) is 9.21. The van der Waals surface area contributed by atoms with Crippen molar-refractivity contribution in [2.24, 2.45) is 5.10 Å². The molecule has 136 valence electrons. The molecular weight excluding hydrogens is 383 g/mol. The lowest BCUT2D eigenvalue weighted by atomic mass is 10.2. The number of carbonyl (C=O) groups is 1. The van der Waals surface area contributed by atoms with Gasteiger partial charge in [0.05, 0.1) is 6.21 Å². The highest BCUT2D eigenvalue weighted by molar-refractivity contribution is 6.35. The maximum atomic E-state index is 12.1. The van der Waals surface area contributed by atoms with Gasteiger partial charge in [0.2, 0.25) is 0 Å². The molecule has 27 heavy (non-hydrogen) atoms. The number of hydrazone groups is 1. The van der Waals surface area contributed by atoms with Crippen molar-refractivity contribution in [1.29, 1.82) is 0 Å². The van der Waals surface area contributed by atoms with E-state index < -0.39 is 0 Å². The van der Waals surface area contributed by atoms with Crippen LogP contribution in [0.5, 0.6) is 5.75 Å². The van der Waals surface area contributed by atoms with Crippen molar-refractivity contribution in [3.05, 3.63) is 99.5 Å². The second-order valence-corrected chi connectivity index (χ2v) is 6.50. The van der Waals surface area contributed by atoms with E-state index in [1.165, 1.54) is 0 Å². The molecule has 0 saturated carbocycles. The van der Waals surface area contributed by atoms with Crippen LogP contribution in [-0.2, 0) is 6.61 Å². The standard InChI is InChI=1S/C21H16Cl2N2O2/c22-18-9-6-17(20(23)12-18)14-27-19-10-7-16(8-11-19)21(26)25-24-13-15-4-2-1-3-5-15/h1-13H,14H2,(H,25,26)/b24-13-. The molecule has 0 heterocycles. The van der Waals surface area contributed by atoms with Crippen LogP contribution < -0.4 is 10.2 Å². The number of amides is 1. The summed E-state index contributed by atoms with van der Waals surface area (Å²) in [5.41, 5.74) is 4.72. The summed E-state index contributed by atoms with van der Waals surface area (Å²) in [6.45, 7) is 0.308. The predicted octanol–water partition coefficient (Wildman–Crippen LogP) is 5.34. The van der Waals surface area contributed by atoms with Gasteiger partial charge in [-0.1, -0.05) is 59.6 Å². The molecule has 0 saturated heterocycles. The smallest absolute Gasteiger partial charge is 0.271 e. The summed E-state index contributed by atoms with van der Waals surface area (Å²) in [6.07, 6.45) is 1.59. The summed E-state index contributed by atoms with van der Waals surface area (Å²) in [7, 11) is 0. The second-order valence-electron chi connectivity index (χ2n) is 5.66. The van der Waals surface area contributed by atoms with Crippen molar-refractivity contribution >= 4 is 35.3 Å². The minimum atomic E-state index is -0.297. The molecule has 1 N–H and O–H groups in total. The van der Waals surface area contributed by atoms with E-state index in [-0.39, 0.29) is 5.91 Å². The molecule has 6 heteroatoms. The van der Waals surface area contributed by atoms with Crippen LogP contribution in [0, 0.1) is 0 Å². The van der Waals surface area contributed by atoms with E-state index >= 15 is 0 Å². The van der Waals surface area contributed by atoms with Gasteiger partial charge in [-0.3, -0.25) is 4.79 Å². The number of rotatable bonds is 6. The number of hydrogen-bond donors (Lipinski definition) is 1. The number of benzene rings is 3. The van der Waals surface area contributed by atoms with Crippen molar-refractivity contribution < 1.29 is 9.53 Å². The van der Waals surface area contributed by atoms with E-state index in [0.29, 0.717) is 28.0 Å². The van der Waals surface area contributed by atoms with Crippen molar-refractivity contribution in [1.82, 2.24) is 5.43 Å². The highest BCUT2D eigenvalue weighted by atomic mass is 35.5. The molecule has 3 aromatic rings. The predicted molar refractivity (Wildman–Crippen MR) is 109 cm³/mol. The highest BCUT2D eigenvalue weighted by Crippen LogP contribution is 2.22. The summed E-state index contributed by atoms with van der Waals surface area (Å²) in [4.78, 5) is 12.1. The van der Waals surface area contributed by atoms with Crippen LogP contribution in [0.25, 0.3) is 0 Å². The maximum absolute atomic E-state index is 12.1. The third kappa shape index (κ3) is 5.58. The maximum Gasteiger partial charge on any atom is 0.271 e. The summed E-state index contributed by atoms with van der Waals surface area (Å²) < 4.78 is 5.70. The van der Waals surface area contributed by atoms with Crippen LogP contribution >= 0.6 is 23.2 Å². The average molecular weight is 399 g/mol. The molecular formula is C21H16Cl2N2O2. The first-order valence-corrected chi connectivity index (χ1v) is 8.92. The van der Waals surface area contributed by atoms with E-state index in [1.807, 2.05) is 36.4 Å². The van der Waals surface area contributed by atoms with Gasteiger partial charge < -0.3 is 4.74 Å². The lowest BCUT2D eigenvalue weighted by molar-refractivity contribution is 0.0955. The molecule has 0 radical (unpaired) electrons. The molecule has 0 aliphatic carbocycles. The molecule has 3 aromatic carbocycles. The highest BCUT2D eigenvalue weighted by Gasteiger charge is 2.06. The van der Waals surface area contributed by atoms with Gasteiger partial charge in [0, 0.05) is 21.2 Å². The van der Waals surface area contributed by atoms with Gasteiger partial charge in [0.25, 0.3) is 5.91 Å². The zero-order valence-corrected chi connectivity index (χ0v) is 15.7. The van der Waals surface area contributed by atoms with Crippen molar-refractivity contribution in [2.45, 2.75) is 6.61 Å². The summed E-state index contributed by atoms with van der Waals surface area (Å²) >= 11 is 12.0. The molecule has 0 bridgehead atoms. The van der Waals surface area contributed by atoms with Crippen LogP contribution in [0.1, 0.15) is 21.5 Å². The Morgan fingerprint density at radius 1 is 1.00 bits per heavy atom. The van der Waals surface area contributed by atoms with Gasteiger partial charge in [-0.15, -0.1) is 0 Å². The molecule has 0 aliphatic rings. The van der Waals surface area contributed by atoms with Gasteiger partial charge in [0.1, 0.15) is 12.4 Å². The number of carbonyl (C=O) groups excluding carboxylic acids is 1. The van der Waals surface area contributed by atoms with E-state index in [1.54, 1.807) is 42.6 Å². The van der Waals surface area contributed by atoms with E-state index in [4.69, 9.17) is 27.9 Å². The number of ether oxygens (including phenoxy) is 1. The quantitative estimate of drug-likeness (QED) is 0.450. The fourth-order valence-electron chi connectivity index (χ4n) is 2.27. The van der Waals surface area contributed by atoms with Gasteiger partial charge in [-0.25, -0.2) is 5.43 Å². The molecule has 0 atom stereocenters. The van der Waals surface area contributed by atoms with E-state index in [2.05, 4.69) is 10.5 Å². The van der Waals surface area contributed by atoms with Crippen LogP contribution in [0.4, 0.5) is 0 Å². The van der Waals surface area contributed by atoms with Crippen LogP contribution in [-0.4, -0.2) is 12.1 Å². The normalized spacial score (nSPS) is 10.7. The first-order valence-electron chi connectivity index (χ1n) is 8.17. The lowest BCUT2D eigenvalue weighted by Gasteiger charge is -2.08. The summed E-state index contributed by atoms with van der Waals surface area (Å²) in [5.74, 6) is 0.333. The van der Waals surface area contributed by atoms with Crippen molar-refractivity contribution in [3.8, 4) is 5.75 Å². The van der Waals surface area contributed by atoms with Gasteiger partial charge in [0.15, 0.2) is 0 Å². The Kier molecular flexibility index (Phi) is 6.47. The lowest BCUT2D eigenvalue weighted by Crippen LogP contribution is -2.17. The number of halogens is 2. The van der Waals surface area contributed by atoms with Gasteiger partial charge >= 0.3 is 0 Å². The van der Waals surface area contributed by atoms with Crippen LogP contribution in [0.3, 0.4) is 0 Å². The average Bonchev–Trinajstić information content (AvgIpc) is 2.68. The molecule has 0 aliphatic heterocycles. The molecule has 0 fully saturated rings. The van der Waals surface area contributed by atoms with E-state index in [9.17, 15) is 4.79 Å². The SMILES string of the molecule is O=C(N/N=C\c1ccccc1)c1ccc(OCc2ccc(Cl)cc2Cl)cc1. The molecule has 3 rings (SSSR count). The van der Waals surface area contributed by atoms with Crippen LogP contribution in [0.2, 0.25) is 10.0 Å². The Labute approximate surface area is 167 Å². The molecule has 4 nitrogen and oxygen atoms in total. The Hall–Kier alpha value is -2.82. The zero-order chi connectivity index (χ0) is 19.1. The van der Waals surface area contributed by atoms with E-state index in [0.717, 1.165) is 11.1 Å². The Morgan fingerprint density at radius 2 is 1.74 bits per heavy atom. The van der Waals surface area contributed by atoms with Crippen molar-refractivity contribution in [3.63, 3.8) is 0 Å². The van der Waals surface area contributed by atoms with Gasteiger partial charge in [-0.2, -0.15) is 5.10 Å². The zero-order valence-electron chi connectivity index (χ0n) is 14.2. The third-order valence-corrected chi connectivity index (χ3v) is 4.29. The monoisotopic (exact) mass is 398 g/mol. The number of hydrogen-bond acceptors (Lipinski definition) is 3. The summed E-state index contributed by atoms with van der Waals surface area (Å²) in [5, 5.41) is 5.08. The Morgan fingerprint density at radius 3 is 2.44 bits per heavy atom. The fraction of sp³-hybridized carbons (Fsp3) is 0.0476. The van der Waals surface area contributed by atoms with Gasteiger partial charge in [-0.05, 0) is 42.0 Å². The summed E-state index contributed by atoms with van der Waals surface area (Å²) in [6, 6.07) is 21.6. The van der Waals surface area contributed by atoms with Crippen LogP contribution in [0.15, 0.2) is 77.9 Å². The molecule has 0 unspecified atom stereocenters. The Balaban J connectivity index is 1.54. The molecule has 1 amide bonds. The topological polar surface area (TPSA) is 50.7 Å². The Bertz CT molecular complexity index is 942. The number of nitrogens with one attached hydrogen (secondary N) is 1. The van der Waals surface area contributed by atoms with Crippen molar-refractivity contribution in [2.75, 3.05) is 0 Å².